The zero-order chi connectivity index (χ0) is 21.6. The molecule has 1 N–H and O–H groups in total. The number of carboxylic acids is 1. The molecule has 4 atom stereocenters. The fourth-order valence-electron chi connectivity index (χ4n) is 5.06. The molecular formula is C23H26N2O5. The zero-order valence-corrected chi connectivity index (χ0v) is 17.2. The smallest absolute Gasteiger partial charge is 0.330 e. The van der Waals surface area contributed by atoms with Gasteiger partial charge in [0, 0.05) is 12.5 Å². The highest BCUT2D eigenvalue weighted by molar-refractivity contribution is 6.10. The molecule has 4 unspecified atom stereocenters. The Labute approximate surface area is 175 Å². The summed E-state index contributed by atoms with van der Waals surface area (Å²) in [5.74, 6) is -4.64. The fraction of sp³-hybridized carbons (Fsp3) is 0.478. The summed E-state index contributed by atoms with van der Waals surface area (Å²) in [6.45, 7) is 3.30. The van der Waals surface area contributed by atoms with Gasteiger partial charge in [-0.15, -0.1) is 0 Å². The normalized spacial score (nSPS) is 31.3. The van der Waals surface area contributed by atoms with Crippen LogP contribution < -0.4 is 0 Å². The average molecular weight is 410 g/mol. The second kappa shape index (κ2) is 7.38. The van der Waals surface area contributed by atoms with Crippen LogP contribution in [0, 0.1) is 17.8 Å². The minimum Gasteiger partial charge on any atom is -0.479 e. The number of fused-ring (bicyclic) bond motifs is 1. The van der Waals surface area contributed by atoms with Crippen LogP contribution in [0.5, 0.6) is 0 Å². The Balaban J connectivity index is 1.83. The number of rotatable bonds is 5. The lowest BCUT2D eigenvalue weighted by atomic mass is 9.80. The molecular weight excluding hydrogens is 384 g/mol. The van der Waals surface area contributed by atoms with Crippen molar-refractivity contribution in [3.63, 3.8) is 0 Å². The SMILES string of the molecule is CCN1C(=O)C2C(C=Cc3ccccc3)N(C(=O)C3CCC3)C(C)(C(=O)O)C2C1=O. The third kappa shape index (κ3) is 2.79. The van der Waals surface area contributed by atoms with Crippen LogP contribution in [0.1, 0.15) is 38.7 Å². The Bertz CT molecular complexity index is 923. The van der Waals surface area contributed by atoms with E-state index in [1.807, 2.05) is 30.3 Å². The average Bonchev–Trinajstić information content (AvgIpc) is 3.10. The zero-order valence-electron chi connectivity index (χ0n) is 17.2. The van der Waals surface area contributed by atoms with Gasteiger partial charge in [0.15, 0.2) is 5.54 Å². The largest absolute Gasteiger partial charge is 0.479 e. The molecule has 7 nitrogen and oxygen atoms in total. The molecule has 158 valence electrons. The molecule has 0 radical (unpaired) electrons. The summed E-state index contributed by atoms with van der Waals surface area (Å²) in [6.07, 6.45) is 5.86. The molecule has 3 fully saturated rings. The molecule has 30 heavy (non-hydrogen) atoms. The first-order valence-corrected chi connectivity index (χ1v) is 10.5. The highest BCUT2D eigenvalue weighted by Crippen LogP contribution is 2.51. The number of imide groups is 1. The van der Waals surface area contributed by atoms with Gasteiger partial charge in [-0.3, -0.25) is 19.3 Å². The molecule has 1 saturated carbocycles. The van der Waals surface area contributed by atoms with Crippen molar-refractivity contribution in [2.24, 2.45) is 17.8 Å². The lowest BCUT2D eigenvalue weighted by Gasteiger charge is -2.41. The van der Waals surface area contributed by atoms with E-state index in [9.17, 15) is 24.3 Å². The van der Waals surface area contributed by atoms with Crippen molar-refractivity contribution in [1.29, 1.82) is 0 Å². The van der Waals surface area contributed by atoms with Gasteiger partial charge < -0.3 is 10.0 Å². The van der Waals surface area contributed by atoms with E-state index >= 15 is 0 Å². The van der Waals surface area contributed by atoms with Gasteiger partial charge in [0.25, 0.3) is 0 Å². The van der Waals surface area contributed by atoms with Crippen molar-refractivity contribution < 1.29 is 24.3 Å². The second-order valence-electron chi connectivity index (χ2n) is 8.47. The number of benzene rings is 1. The molecule has 2 saturated heterocycles. The molecule has 2 aliphatic heterocycles. The topological polar surface area (TPSA) is 95.0 Å². The van der Waals surface area contributed by atoms with E-state index in [-0.39, 0.29) is 18.4 Å². The number of hydrogen-bond donors (Lipinski definition) is 1. The van der Waals surface area contributed by atoms with Crippen LogP contribution in [0.15, 0.2) is 36.4 Å². The van der Waals surface area contributed by atoms with Crippen molar-refractivity contribution in [1.82, 2.24) is 9.80 Å². The van der Waals surface area contributed by atoms with Crippen LogP contribution in [0.4, 0.5) is 0 Å². The van der Waals surface area contributed by atoms with Gasteiger partial charge in [-0.1, -0.05) is 48.9 Å². The maximum atomic E-state index is 13.4. The van der Waals surface area contributed by atoms with Crippen molar-refractivity contribution in [2.75, 3.05) is 6.54 Å². The Morgan fingerprint density at radius 3 is 2.37 bits per heavy atom. The van der Waals surface area contributed by atoms with Crippen molar-refractivity contribution in [2.45, 2.75) is 44.7 Å². The predicted octanol–water partition coefficient (Wildman–Crippen LogP) is 2.18. The lowest BCUT2D eigenvalue weighted by Crippen LogP contribution is -2.60. The molecule has 1 aromatic carbocycles. The summed E-state index contributed by atoms with van der Waals surface area (Å²) in [7, 11) is 0. The van der Waals surface area contributed by atoms with E-state index in [0.717, 1.165) is 16.9 Å². The summed E-state index contributed by atoms with van der Waals surface area (Å²) >= 11 is 0. The highest BCUT2D eigenvalue weighted by Gasteiger charge is 2.70. The number of aliphatic carboxylic acids is 1. The van der Waals surface area contributed by atoms with Crippen LogP contribution in [0.25, 0.3) is 6.08 Å². The Morgan fingerprint density at radius 2 is 1.83 bits per heavy atom. The van der Waals surface area contributed by atoms with Gasteiger partial charge >= 0.3 is 5.97 Å². The number of carboxylic acid groups (broad SMARTS) is 1. The van der Waals surface area contributed by atoms with Crippen LogP contribution in [0.2, 0.25) is 0 Å². The fourth-order valence-corrected chi connectivity index (χ4v) is 5.06. The maximum Gasteiger partial charge on any atom is 0.330 e. The Morgan fingerprint density at radius 1 is 1.17 bits per heavy atom. The number of nitrogens with zero attached hydrogens (tertiary/aromatic N) is 2. The molecule has 1 aromatic rings. The number of hydrogen-bond acceptors (Lipinski definition) is 4. The predicted molar refractivity (Wildman–Crippen MR) is 109 cm³/mol. The summed E-state index contributed by atoms with van der Waals surface area (Å²) in [6, 6.07) is 8.62. The van der Waals surface area contributed by atoms with E-state index in [1.54, 1.807) is 19.1 Å². The summed E-state index contributed by atoms with van der Waals surface area (Å²) in [5.41, 5.74) is -0.891. The molecule has 1 aliphatic carbocycles. The van der Waals surface area contributed by atoms with Gasteiger partial charge in [-0.2, -0.15) is 0 Å². The van der Waals surface area contributed by atoms with Crippen molar-refractivity contribution in [3.05, 3.63) is 42.0 Å². The lowest BCUT2D eigenvalue weighted by molar-refractivity contribution is -0.164. The highest BCUT2D eigenvalue weighted by atomic mass is 16.4. The van der Waals surface area contributed by atoms with Gasteiger partial charge in [0.2, 0.25) is 17.7 Å². The number of carbonyl (C=O) groups is 4. The maximum absolute atomic E-state index is 13.4. The molecule has 2 heterocycles. The van der Waals surface area contributed by atoms with Gasteiger partial charge in [-0.05, 0) is 32.3 Å². The summed E-state index contributed by atoms with van der Waals surface area (Å²) < 4.78 is 0. The molecule has 0 bridgehead atoms. The van der Waals surface area contributed by atoms with Crippen molar-refractivity contribution >= 4 is 29.8 Å². The summed E-state index contributed by atoms with van der Waals surface area (Å²) in [4.78, 5) is 54.5. The molecule has 0 spiro atoms. The minimum absolute atomic E-state index is 0.187. The van der Waals surface area contributed by atoms with E-state index in [0.29, 0.717) is 12.8 Å². The van der Waals surface area contributed by atoms with Gasteiger partial charge in [0.1, 0.15) is 0 Å². The Hall–Kier alpha value is -2.96. The van der Waals surface area contributed by atoms with Gasteiger partial charge in [0.05, 0.1) is 17.9 Å². The molecule has 4 rings (SSSR count). The van der Waals surface area contributed by atoms with Crippen LogP contribution in [0.3, 0.4) is 0 Å². The van der Waals surface area contributed by atoms with E-state index < -0.39 is 41.2 Å². The minimum atomic E-state index is -1.76. The Kier molecular flexibility index (Phi) is 5.00. The number of carbonyl (C=O) groups excluding carboxylic acids is 3. The van der Waals surface area contributed by atoms with E-state index in [1.165, 1.54) is 11.8 Å². The molecule has 0 aromatic heterocycles. The van der Waals surface area contributed by atoms with Crippen LogP contribution in [-0.4, -0.2) is 56.7 Å². The first kappa shape index (κ1) is 20.3. The summed E-state index contributed by atoms with van der Waals surface area (Å²) in [5, 5.41) is 10.2. The van der Waals surface area contributed by atoms with Gasteiger partial charge in [-0.25, -0.2) is 4.79 Å². The second-order valence-corrected chi connectivity index (χ2v) is 8.47. The molecule has 3 aliphatic rings. The first-order chi connectivity index (χ1) is 14.3. The quantitative estimate of drug-likeness (QED) is 0.751. The van der Waals surface area contributed by atoms with E-state index in [4.69, 9.17) is 0 Å². The standard InChI is InChI=1S/C23H26N2O5/c1-3-24-20(27)17-16(13-12-14-8-5-4-6-9-14)25(19(26)15-10-7-11-15)23(2,22(29)30)18(17)21(24)28/h4-6,8-9,12-13,15-18H,3,7,10-11H2,1-2H3,(H,29,30). The molecule has 7 heteroatoms. The third-order valence-electron chi connectivity index (χ3n) is 6.94. The van der Waals surface area contributed by atoms with Crippen molar-refractivity contribution in [3.8, 4) is 0 Å². The van der Waals surface area contributed by atoms with E-state index in [2.05, 4.69) is 0 Å². The third-order valence-corrected chi connectivity index (χ3v) is 6.94. The van der Waals surface area contributed by atoms with Crippen LogP contribution in [-0.2, 0) is 19.2 Å². The first-order valence-electron chi connectivity index (χ1n) is 10.5. The molecule has 3 amide bonds. The number of amides is 3. The van der Waals surface area contributed by atoms with Crippen LogP contribution >= 0.6 is 0 Å². The monoisotopic (exact) mass is 410 g/mol. The number of likely N-dealkylation sites (tertiary alicyclic amines) is 2.